The maximum absolute atomic E-state index is 11.5. The first kappa shape index (κ1) is 14.8. The first-order valence-electron chi connectivity index (χ1n) is 5.42. The smallest absolute Gasteiger partial charge is 0.234 e. The van der Waals surface area contributed by atoms with E-state index in [1.54, 1.807) is 11.8 Å². The van der Waals surface area contributed by atoms with Gasteiger partial charge in [0.15, 0.2) is 0 Å². The van der Waals surface area contributed by atoms with Gasteiger partial charge in [-0.05, 0) is 33.4 Å². The molecule has 3 nitrogen and oxygen atoms in total. The second-order valence-corrected chi connectivity index (χ2v) is 5.65. The second-order valence-electron chi connectivity index (χ2n) is 4.74. The third-order valence-corrected chi connectivity index (χ3v) is 2.66. The van der Waals surface area contributed by atoms with E-state index in [0.717, 1.165) is 12.2 Å². The maximum Gasteiger partial charge on any atom is 0.234 e. The zero-order valence-electron chi connectivity index (χ0n) is 10.5. The van der Waals surface area contributed by atoms with Gasteiger partial charge >= 0.3 is 0 Å². The molecule has 0 aliphatic carbocycles. The van der Waals surface area contributed by atoms with E-state index < -0.39 is 0 Å². The summed E-state index contributed by atoms with van der Waals surface area (Å²) < 4.78 is 0. The van der Waals surface area contributed by atoms with E-state index in [4.69, 9.17) is 0 Å². The highest BCUT2D eigenvalue weighted by Crippen LogP contribution is 2.01. The van der Waals surface area contributed by atoms with E-state index >= 15 is 0 Å². The Labute approximate surface area is 97.8 Å². The van der Waals surface area contributed by atoms with Gasteiger partial charge in [0.05, 0.1) is 6.54 Å². The molecule has 0 bridgehead atoms. The molecule has 0 fully saturated rings. The van der Waals surface area contributed by atoms with Crippen molar-refractivity contribution in [2.24, 2.45) is 0 Å². The Balaban J connectivity index is 3.78. The summed E-state index contributed by atoms with van der Waals surface area (Å²) in [5.41, 5.74) is -0.139. The van der Waals surface area contributed by atoms with Crippen LogP contribution in [0.1, 0.15) is 34.1 Å². The molecule has 1 unspecified atom stereocenters. The van der Waals surface area contributed by atoms with Gasteiger partial charge < -0.3 is 10.6 Å². The SMILES string of the molecule is CCC(CSC)NCC(=O)NC(C)(C)C. The summed E-state index contributed by atoms with van der Waals surface area (Å²) in [5, 5.41) is 6.19. The third kappa shape index (κ3) is 8.75. The molecule has 1 amide bonds. The van der Waals surface area contributed by atoms with Crippen molar-refractivity contribution < 1.29 is 4.79 Å². The van der Waals surface area contributed by atoms with E-state index in [1.807, 2.05) is 20.8 Å². The summed E-state index contributed by atoms with van der Waals surface area (Å²) >= 11 is 1.80. The highest BCUT2D eigenvalue weighted by atomic mass is 32.2. The molecular weight excluding hydrogens is 208 g/mol. The maximum atomic E-state index is 11.5. The number of nitrogens with one attached hydrogen (secondary N) is 2. The van der Waals surface area contributed by atoms with Gasteiger partial charge in [0.1, 0.15) is 0 Å². The summed E-state index contributed by atoms with van der Waals surface area (Å²) in [5.74, 6) is 1.13. The Morgan fingerprint density at radius 2 is 2.00 bits per heavy atom. The van der Waals surface area contributed by atoms with Crippen LogP contribution in [0.15, 0.2) is 0 Å². The molecule has 4 heteroatoms. The van der Waals surface area contributed by atoms with E-state index in [-0.39, 0.29) is 11.4 Å². The zero-order valence-corrected chi connectivity index (χ0v) is 11.3. The van der Waals surface area contributed by atoms with Crippen molar-refractivity contribution in [2.75, 3.05) is 18.6 Å². The number of hydrogen-bond acceptors (Lipinski definition) is 3. The zero-order chi connectivity index (χ0) is 11.9. The Morgan fingerprint density at radius 3 is 2.40 bits per heavy atom. The van der Waals surface area contributed by atoms with Gasteiger partial charge in [-0.2, -0.15) is 11.8 Å². The molecule has 1 atom stereocenters. The fourth-order valence-electron chi connectivity index (χ4n) is 1.22. The first-order chi connectivity index (χ1) is 6.89. The second kappa shape index (κ2) is 7.12. The highest BCUT2D eigenvalue weighted by molar-refractivity contribution is 7.98. The van der Waals surface area contributed by atoms with Crippen LogP contribution in [0.4, 0.5) is 0 Å². The van der Waals surface area contributed by atoms with Crippen molar-refractivity contribution in [3.63, 3.8) is 0 Å². The minimum absolute atomic E-state index is 0.0713. The molecule has 0 spiro atoms. The lowest BCUT2D eigenvalue weighted by Gasteiger charge is -2.22. The summed E-state index contributed by atoms with van der Waals surface area (Å²) in [4.78, 5) is 11.5. The molecule has 0 aliphatic rings. The fraction of sp³-hybridized carbons (Fsp3) is 0.909. The molecule has 0 saturated carbocycles. The number of thioether (sulfide) groups is 1. The van der Waals surface area contributed by atoms with Crippen molar-refractivity contribution in [1.29, 1.82) is 0 Å². The summed E-state index contributed by atoms with van der Waals surface area (Å²) in [6.07, 6.45) is 3.14. The van der Waals surface area contributed by atoms with Crippen LogP contribution in [0.25, 0.3) is 0 Å². The van der Waals surface area contributed by atoms with E-state index in [9.17, 15) is 4.79 Å². The van der Waals surface area contributed by atoms with Gasteiger partial charge in [0.2, 0.25) is 5.91 Å². The summed E-state index contributed by atoms with van der Waals surface area (Å²) in [7, 11) is 0. The molecule has 0 aromatic heterocycles. The number of rotatable bonds is 6. The lowest BCUT2D eigenvalue weighted by Crippen LogP contribution is -2.47. The molecule has 0 heterocycles. The predicted molar refractivity (Wildman–Crippen MR) is 68.4 cm³/mol. The Hall–Kier alpha value is -0.220. The summed E-state index contributed by atoms with van der Waals surface area (Å²) in [6.45, 7) is 8.52. The third-order valence-electron chi connectivity index (χ3n) is 1.93. The average molecular weight is 232 g/mol. The minimum atomic E-state index is -0.139. The molecule has 2 N–H and O–H groups in total. The minimum Gasteiger partial charge on any atom is -0.350 e. The van der Waals surface area contributed by atoms with Crippen LogP contribution < -0.4 is 10.6 Å². The van der Waals surface area contributed by atoms with E-state index in [2.05, 4.69) is 23.8 Å². The van der Waals surface area contributed by atoms with Gasteiger partial charge in [-0.15, -0.1) is 0 Å². The quantitative estimate of drug-likeness (QED) is 0.731. The molecular formula is C11H24N2OS. The van der Waals surface area contributed by atoms with Crippen molar-refractivity contribution in [1.82, 2.24) is 10.6 Å². The van der Waals surface area contributed by atoms with Crippen LogP contribution in [-0.2, 0) is 4.79 Å². The highest BCUT2D eigenvalue weighted by Gasteiger charge is 2.14. The normalized spacial score (nSPS) is 13.7. The molecule has 0 saturated heterocycles. The van der Waals surface area contributed by atoms with Crippen LogP contribution in [-0.4, -0.2) is 36.0 Å². The number of hydrogen-bond donors (Lipinski definition) is 2. The molecule has 15 heavy (non-hydrogen) atoms. The van der Waals surface area contributed by atoms with Crippen LogP contribution in [0.5, 0.6) is 0 Å². The molecule has 0 radical (unpaired) electrons. The first-order valence-corrected chi connectivity index (χ1v) is 6.81. The molecule has 0 rings (SSSR count). The standard InChI is InChI=1S/C11H24N2OS/c1-6-9(8-15-5)12-7-10(14)13-11(2,3)4/h9,12H,6-8H2,1-5H3,(H,13,14). The number of carbonyl (C=O) groups excluding carboxylic acids is 1. The topological polar surface area (TPSA) is 41.1 Å². The van der Waals surface area contributed by atoms with Gasteiger partial charge in [0.25, 0.3) is 0 Å². The number of amides is 1. The van der Waals surface area contributed by atoms with Crippen molar-refractivity contribution in [3.05, 3.63) is 0 Å². The predicted octanol–water partition coefficient (Wildman–Crippen LogP) is 1.63. The van der Waals surface area contributed by atoms with Crippen LogP contribution in [0.3, 0.4) is 0 Å². The largest absolute Gasteiger partial charge is 0.350 e. The van der Waals surface area contributed by atoms with Gasteiger partial charge in [-0.25, -0.2) is 0 Å². The van der Waals surface area contributed by atoms with Crippen molar-refractivity contribution in [2.45, 2.75) is 45.7 Å². The van der Waals surface area contributed by atoms with Gasteiger partial charge in [-0.1, -0.05) is 6.92 Å². The Bertz CT molecular complexity index is 190. The van der Waals surface area contributed by atoms with E-state index in [1.165, 1.54) is 0 Å². The van der Waals surface area contributed by atoms with Gasteiger partial charge in [-0.3, -0.25) is 4.79 Å². The van der Waals surface area contributed by atoms with Crippen molar-refractivity contribution in [3.8, 4) is 0 Å². The lowest BCUT2D eigenvalue weighted by atomic mass is 10.1. The summed E-state index contributed by atoms with van der Waals surface area (Å²) in [6, 6.07) is 0.436. The Morgan fingerprint density at radius 1 is 1.40 bits per heavy atom. The van der Waals surface area contributed by atoms with Gasteiger partial charge in [0, 0.05) is 17.3 Å². The molecule has 0 aromatic carbocycles. The monoisotopic (exact) mass is 232 g/mol. The fourth-order valence-corrected chi connectivity index (χ4v) is 1.98. The molecule has 90 valence electrons. The van der Waals surface area contributed by atoms with Crippen LogP contribution >= 0.6 is 11.8 Å². The van der Waals surface area contributed by atoms with E-state index in [0.29, 0.717) is 12.6 Å². The Kier molecular flexibility index (Phi) is 7.02. The lowest BCUT2D eigenvalue weighted by molar-refractivity contribution is -0.121. The van der Waals surface area contributed by atoms with Crippen LogP contribution in [0, 0.1) is 0 Å². The van der Waals surface area contributed by atoms with Crippen LogP contribution in [0.2, 0.25) is 0 Å². The molecule has 0 aromatic rings. The molecule has 0 aliphatic heterocycles. The average Bonchev–Trinajstić information content (AvgIpc) is 2.09. The van der Waals surface area contributed by atoms with Crippen molar-refractivity contribution >= 4 is 17.7 Å². The number of carbonyl (C=O) groups is 1.